The molecule has 0 aliphatic carbocycles. The molecule has 1 aromatic carbocycles. The van der Waals surface area contributed by atoms with Crippen LogP contribution >= 0.6 is 57.7 Å². The number of halogens is 4. The first kappa shape index (κ1) is 16.4. The van der Waals surface area contributed by atoms with Gasteiger partial charge in [0.25, 0.3) is 0 Å². The Hall–Kier alpha value is 0.0400. The van der Waals surface area contributed by atoms with E-state index in [1.807, 2.05) is 18.2 Å². The molecule has 0 fully saturated rings. The summed E-state index contributed by atoms with van der Waals surface area (Å²) in [6.07, 6.45) is 1.01. The Bertz CT molecular complexity index is 597. The first-order chi connectivity index (χ1) is 9.52. The average Bonchev–Trinajstić information content (AvgIpc) is 2.71. The Morgan fingerprint density at radius 3 is 2.40 bits per heavy atom. The fraction of sp³-hybridized carbons (Fsp3) is 0.286. The molecule has 1 heterocycles. The summed E-state index contributed by atoms with van der Waals surface area (Å²) in [5.41, 5.74) is 1.89. The first-order valence-corrected chi connectivity index (χ1v) is 8.48. The molecule has 0 radical (unpaired) electrons. The summed E-state index contributed by atoms with van der Waals surface area (Å²) in [6.45, 7) is 2.96. The standard InChI is InChI=1S/C14H13Cl4NS/c1-2-5-19-13(10-7-12(17)20-14(10)18)9-4-3-8(15)6-11(9)16/h3-4,6-7,13,19H,2,5H2,1H3. The van der Waals surface area contributed by atoms with Gasteiger partial charge in [-0.05, 0) is 36.7 Å². The molecule has 0 spiro atoms. The van der Waals surface area contributed by atoms with E-state index in [0.29, 0.717) is 18.7 Å². The number of rotatable bonds is 5. The van der Waals surface area contributed by atoms with E-state index in [9.17, 15) is 0 Å². The van der Waals surface area contributed by atoms with Crippen LogP contribution in [0, 0.1) is 0 Å². The lowest BCUT2D eigenvalue weighted by Gasteiger charge is -2.20. The van der Waals surface area contributed by atoms with Crippen LogP contribution in [0.3, 0.4) is 0 Å². The van der Waals surface area contributed by atoms with Crippen LogP contribution in [-0.2, 0) is 0 Å². The zero-order valence-corrected chi connectivity index (χ0v) is 14.6. The predicted molar refractivity (Wildman–Crippen MR) is 90.9 cm³/mol. The predicted octanol–water partition coefficient (Wildman–Crippen LogP) is 6.45. The van der Waals surface area contributed by atoms with Gasteiger partial charge in [0.15, 0.2) is 0 Å². The van der Waals surface area contributed by atoms with Crippen LogP contribution in [0.4, 0.5) is 0 Å². The van der Waals surface area contributed by atoms with Crippen molar-refractivity contribution in [1.29, 1.82) is 0 Å². The molecule has 0 saturated carbocycles. The molecule has 1 N–H and O–H groups in total. The minimum atomic E-state index is -0.0871. The fourth-order valence-electron chi connectivity index (χ4n) is 1.96. The van der Waals surface area contributed by atoms with Crippen molar-refractivity contribution in [2.24, 2.45) is 0 Å². The van der Waals surface area contributed by atoms with E-state index >= 15 is 0 Å². The van der Waals surface area contributed by atoms with E-state index in [1.165, 1.54) is 11.3 Å². The normalized spacial score (nSPS) is 12.7. The van der Waals surface area contributed by atoms with Crippen molar-refractivity contribution in [3.63, 3.8) is 0 Å². The van der Waals surface area contributed by atoms with Crippen LogP contribution < -0.4 is 5.32 Å². The van der Waals surface area contributed by atoms with Crippen LogP contribution in [0.25, 0.3) is 0 Å². The maximum atomic E-state index is 6.32. The molecule has 20 heavy (non-hydrogen) atoms. The first-order valence-electron chi connectivity index (χ1n) is 6.16. The molecule has 0 bridgehead atoms. The molecule has 6 heteroatoms. The SMILES string of the molecule is CCCNC(c1ccc(Cl)cc1Cl)c1cc(Cl)sc1Cl. The smallest absolute Gasteiger partial charge is 0.0995 e. The van der Waals surface area contributed by atoms with Crippen molar-refractivity contribution in [2.45, 2.75) is 19.4 Å². The van der Waals surface area contributed by atoms with Crippen LogP contribution in [0.15, 0.2) is 24.3 Å². The van der Waals surface area contributed by atoms with Gasteiger partial charge in [-0.2, -0.15) is 0 Å². The molecule has 0 aliphatic rings. The molecule has 2 rings (SSSR count). The Labute approximate surface area is 142 Å². The van der Waals surface area contributed by atoms with Crippen LogP contribution in [0.5, 0.6) is 0 Å². The van der Waals surface area contributed by atoms with Crippen LogP contribution in [-0.4, -0.2) is 6.54 Å². The third-order valence-electron chi connectivity index (χ3n) is 2.87. The van der Waals surface area contributed by atoms with Gasteiger partial charge in [-0.3, -0.25) is 0 Å². The summed E-state index contributed by atoms with van der Waals surface area (Å²) < 4.78 is 1.34. The monoisotopic (exact) mass is 367 g/mol. The molecule has 0 saturated heterocycles. The Morgan fingerprint density at radius 1 is 1.10 bits per heavy atom. The van der Waals surface area contributed by atoms with Gasteiger partial charge in [-0.25, -0.2) is 0 Å². The molecular formula is C14H13Cl4NS. The second-order valence-corrected chi connectivity index (χ2v) is 7.46. The number of hydrogen-bond donors (Lipinski definition) is 1. The highest BCUT2D eigenvalue weighted by atomic mass is 35.5. The summed E-state index contributed by atoms with van der Waals surface area (Å²) in [6, 6.07) is 7.27. The van der Waals surface area contributed by atoms with Gasteiger partial charge in [0.05, 0.1) is 14.7 Å². The number of nitrogens with one attached hydrogen (secondary N) is 1. The van der Waals surface area contributed by atoms with Gasteiger partial charge in [-0.15, -0.1) is 11.3 Å². The number of benzene rings is 1. The summed E-state index contributed by atoms with van der Waals surface area (Å²) in [5, 5.41) is 4.68. The highest BCUT2D eigenvalue weighted by molar-refractivity contribution is 7.20. The zero-order valence-electron chi connectivity index (χ0n) is 10.7. The van der Waals surface area contributed by atoms with Crippen molar-refractivity contribution in [3.8, 4) is 0 Å². The van der Waals surface area contributed by atoms with Crippen molar-refractivity contribution in [1.82, 2.24) is 5.32 Å². The van der Waals surface area contributed by atoms with Gasteiger partial charge < -0.3 is 5.32 Å². The third kappa shape index (κ3) is 3.82. The quantitative estimate of drug-likeness (QED) is 0.639. The van der Waals surface area contributed by atoms with Gasteiger partial charge in [0, 0.05) is 15.6 Å². The lowest BCUT2D eigenvalue weighted by Crippen LogP contribution is -2.23. The maximum absolute atomic E-state index is 6.32. The van der Waals surface area contributed by atoms with Crippen molar-refractivity contribution in [2.75, 3.05) is 6.54 Å². The molecule has 108 valence electrons. The number of hydrogen-bond acceptors (Lipinski definition) is 2. The molecule has 0 amide bonds. The fourth-order valence-corrected chi connectivity index (χ4v) is 4.01. The minimum absolute atomic E-state index is 0.0871. The van der Waals surface area contributed by atoms with Crippen molar-refractivity contribution < 1.29 is 0 Å². The summed E-state index contributed by atoms with van der Waals surface area (Å²) in [7, 11) is 0. The molecule has 1 aromatic heterocycles. The van der Waals surface area contributed by atoms with Gasteiger partial charge >= 0.3 is 0 Å². The Kier molecular flexibility index (Phi) is 6.03. The van der Waals surface area contributed by atoms with Gasteiger partial charge in [0.1, 0.15) is 0 Å². The second-order valence-electron chi connectivity index (χ2n) is 4.33. The van der Waals surface area contributed by atoms with Crippen LogP contribution in [0.1, 0.15) is 30.5 Å². The molecular weight excluding hydrogens is 356 g/mol. The van der Waals surface area contributed by atoms with Crippen molar-refractivity contribution >= 4 is 57.7 Å². The van der Waals surface area contributed by atoms with Gasteiger partial charge in [0.2, 0.25) is 0 Å². The Morgan fingerprint density at radius 2 is 1.85 bits per heavy atom. The minimum Gasteiger partial charge on any atom is -0.306 e. The van der Waals surface area contributed by atoms with Gasteiger partial charge in [-0.1, -0.05) is 59.4 Å². The maximum Gasteiger partial charge on any atom is 0.0995 e. The van der Waals surface area contributed by atoms with E-state index in [4.69, 9.17) is 46.4 Å². The molecule has 2 aromatic rings. The second kappa shape index (κ2) is 7.35. The van der Waals surface area contributed by atoms with Crippen LogP contribution in [0.2, 0.25) is 18.7 Å². The molecule has 1 nitrogen and oxygen atoms in total. The van der Waals surface area contributed by atoms with E-state index < -0.39 is 0 Å². The Balaban J connectivity index is 2.44. The lowest BCUT2D eigenvalue weighted by molar-refractivity contribution is 0.600. The van der Waals surface area contributed by atoms with E-state index in [2.05, 4.69) is 12.2 Å². The summed E-state index contributed by atoms with van der Waals surface area (Å²) in [5.74, 6) is 0. The van der Waals surface area contributed by atoms with E-state index in [-0.39, 0.29) is 6.04 Å². The number of thiophene rings is 1. The van der Waals surface area contributed by atoms with E-state index in [1.54, 1.807) is 6.07 Å². The molecule has 1 atom stereocenters. The largest absolute Gasteiger partial charge is 0.306 e. The highest BCUT2D eigenvalue weighted by Gasteiger charge is 2.21. The van der Waals surface area contributed by atoms with E-state index in [0.717, 1.165) is 24.1 Å². The van der Waals surface area contributed by atoms with Crippen molar-refractivity contribution in [3.05, 3.63) is 54.1 Å². The third-order valence-corrected chi connectivity index (χ3v) is 4.95. The zero-order chi connectivity index (χ0) is 14.7. The molecule has 0 aliphatic heterocycles. The average molecular weight is 369 g/mol. The highest BCUT2D eigenvalue weighted by Crippen LogP contribution is 2.39. The summed E-state index contributed by atoms with van der Waals surface area (Å²) >= 11 is 26.0. The molecule has 1 unspecified atom stereocenters. The lowest BCUT2D eigenvalue weighted by atomic mass is 10.0. The summed E-state index contributed by atoms with van der Waals surface area (Å²) in [4.78, 5) is 0. The topological polar surface area (TPSA) is 12.0 Å².